The molecule has 42 heavy (non-hydrogen) atoms. The second-order valence-corrected chi connectivity index (χ2v) is 12.6. The largest absolute Gasteiger partial charge is 0.461 e. The fourth-order valence-electron chi connectivity index (χ4n) is 6.61. The molecule has 0 spiro atoms. The van der Waals surface area contributed by atoms with Crippen molar-refractivity contribution >= 4 is 55.0 Å². The Labute approximate surface area is 247 Å². The molecule has 14 heteroatoms. The zero-order valence-electron chi connectivity index (χ0n) is 22.5. The summed E-state index contributed by atoms with van der Waals surface area (Å²) in [5.74, 6) is -1.02. The highest BCUT2D eigenvalue weighted by Gasteiger charge is 2.49. The number of thiazole rings is 1. The molecule has 3 N–H and O–H groups in total. The lowest BCUT2D eigenvalue weighted by molar-refractivity contribution is 0.107. The quantitative estimate of drug-likeness (QED) is 0.297. The van der Waals surface area contributed by atoms with Crippen molar-refractivity contribution in [2.24, 2.45) is 0 Å². The van der Waals surface area contributed by atoms with Gasteiger partial charge in [-0.2, -0.15) is 9.97 Å². The van der Waals surface area contributed by atoms with Crippen LogP contribution in [-0.4, -0.2) is 83.6 Å². The minimum absolute atomic E-state index is 0.0207. The predicted octanol–water partition coefficient (Wildman–Crippen LogP) is 5.12. The van der Waals surface area contributed by atoms with Gasteiger partial charge in [0.15, 0.2) is 10.9 Å². The topological polar surface area (TPSA) is 92.4 Å². The van der Waals surface area contributed by atoms with E-state index in [1.54, 1.807) is 4.90 Å². The van der Waals surface area contributed by atoms with Gasteiger partial charge in [0.1, 0.15) is 36.1 Å². The summed E-state index contributed by atoms with van der Waals surface area (Å²) < 4.78 is 66.5. The van der Waals surface area contributed by atoms with Gasteiger partial charge in [0, 0.05) is 49.1 Å². The van der Waals surface area contributed by atoms with E-state index in [0.29, 0.717) is 26.1 Å². The van der Waals surface area contributed by atoms with Gasteiger partial charge in [-0.05, 0) is 37.6 Å². The molecule has 1 unspecified atom stereocenters. The summed E-state index contributed by atoms with van der Waals surface area (Å²) in [5.41, 5.74) is 5.73. The van der Waals surface area contributed by atoms with Crippen LogP contribution in [0, 0.1) is 11.6 Å². The average molecular weight is 622 g/mol. The molecule has 0 amide bonds. The van der Waals surface area contributed by atoms with Crippen LogP contribution in [0.1, 0.15) is 19.3 Å². The maximum absolute atomic E-state index is 16.6. The number of hydrogen-bond donors (Lipinski definition) is 2. The van der Waals surface area contributed by atoms with Crippen LogP contribution >= 0.6 is 22.9 Å². The lowest BCUT2D eigenvalue weighted by Gasteiger charge is -2.31. The van der Waals surface area contributed by atoms with Gasteiger partial charge in [0.05, 0.1) is 27.3 Å². The third-order valence-corrected chi connectivity index (χ3v) is 9.69. The molecule has 2 aromatic carbocycles. The molecule has 3 atom stereocenters. The average Bonchev–Trinajstić information content (AvgIpc) is 3.56. The number of halogens is 5. The van der Waals surface area contributed by atoms with E-state index >= 15 is 4.39 Å². The minimum atomic E-state index is -1.19. The molecule has 0 bridgehead atoms. The van der Waals surface area contributed by atoms with Crippen molar-refractivity contribution in [1.29, 1.82) is 0 Å². The van der Waals surface area contributed by atoms with Crippen LogP contribution in [0.3, 0.4) is 0 Å². The van der Waals surface area contributed by atoms with Crippen molar-refractivity contribution in [3.63, 3.8) is 0 Å². The van der Waals surface area contributed by atoms with Crippen LogP contribution in [-0.2, 0) is 0 Å². The number of fused-ring (bicyclic) bond motifs is 3. The third-order valence-electron chi connectivity index (χ3n) is 8.50. The van der Waals surface area contributed by atoms with Crippen molar-refractivity contribution in [3.8, 4) is 17.1 Å². The van der Waals surface area contributed by atoms with Crippen molar-refractivity contribution in [2.45, 2.75) is 37.1 Å². The van der Waals surface area contributed by atoms with Gasteiger partial charge in [-0.3, -0.25) is 4.90 Å². The molecule has 5 heterocycles. The molecule has 8 nitrogen and oxygen atoms in total. The summed E-state index contributed by atoms with van der Waals surface area (Å²) in [4.78, 5) is 17.1. The molecule has 0 aliphatic carbocycles. The number of nitrogens with one attached hydrogen (secondary N) is 1. The third kappa shape index (κ3) is 4.70. The SMILES string of the molecule is Nc1nc2c(-c3c(Cl)cc4c(N5CCNCC(F)C5)nc(OC[C@@]56CCCN5C[C@H](F)C6)nc4c3F)ccc(F)c2s1. The second-order valence-electron chi connectivity index (χ2n) is 11.2. The summed E-state index contributed by atoms with van der Waals surface area (Å²) in [6.45, 7) is 2.39. The van der Waals surface area contributed by atoms with E-state index in [1.165, 1.54) is 18.2 Å². The number of ether oxygens (including phenoxy) is 1. The number of rotatable bonds is 5. The van der Waals surface area contributed by atoms with Gasteiger partial charge in [-0.25, -0.2) is 22.5 Å². The van der Waals surface area contributed by atoms with E-state index in [0.717, 1.165) is 30.7 Å². The summed E-state index contributed by atoms with van der Waals surface area (Å²) in [6.07, 6.45) is -0.0686. The molecular weight excluding hydrogens is 594 g/mol. The molecule has 2 aromatic heterocycles. The summed E-state index contributed by atoms with van der Waals surface area (Å²) in [7, 11) is 0. The monoisotopic (exact) mass is 621 g/mol. The number of hydrogen-bond acceptors (Lipinski definition) is 9. The van der Waals surface area contributed by atoms with Crippen LogP contribution in [0.25, 0.3) is 32.2 Å². The lowest BCUT2D eigenvalue weighted by atomic mass is 9.95. The molecule has 0 saturated carbocycles. The van der Waals surface area contributed by atoms with Gasteiger partial charge in [-0.1, -0.05) is 22.9 Å². The van der Waals surface area contributed by atoms with E-state index in [1.807, 2.05) is 0 Å². The Balaban J connectivity index is 1.37. The number of anilines is 2. The molecule has 7 rings (SSSR count). The van der Waals surface area contributed by atoms with Crippen LogP contribution < -0.4 is 20.7 Å². The van der Waals surface area contributed by atoms with Crippen LogP contribution in [0.4, 0.5) is 28.5 Å². The first-order chi connectivity index (χ1) is 20.2. The van der Waals surface area contributed by atoms with Crippen molar-refractivity contribution in [1.82, 2.24) is 25.2 Å². The van der Waals surface area contributed by atoms with Gasteiger partial charge in [0.2, 0.25) is 0 Å². The normalized spacial score (nSPS) is 24.9. The Morgan fingerprint density at radius 2 is 1.98 bits per heavy atom. The zero-order chi connectivity index (χ0) is 29.2. The second kappa shape index (κ2) is 10.6. The Kier molecular flexibility index (Phi) is 7.03. The van der Waals surface area contributed by atoms with E-state index in [4.69, 9.17) is 22.1 Å². The first-order valence-corrected chi connectivity index (χ1v) is 15.1. The van der Waals surface area contributed by atoms with E-state index in [9.17, 15) is 13.2 Å². The van der Waals surface area contributed by atoms with Gasteiger partial charge in [0.25, 0.3) is 0 Å². The molecular formula is C28H28ClF4N7OS. The van der Waals surface area contributed by atoms with E-state index < -0.39 is 29.5 Å². The zero-order valence-corrected chi connectivity index (χ0v) is 24.0. The van der Waals surface area contributed by atoms with Crippen LogP contribution in [0.2, 0.25) is 5.02 Å². The van der Waals surface area contributed by atoms with Crippen LogP contribution in [0.5, 0.6) is 6.01 Å². The Morgan fingerprint density at radius 1 is 1.12 bits per heavy atom. The van der Waals surface area contributed by atoms with Gasteiger partial charge >= 0.3 is 6.01 Å². The standard InChI is InChI=1S/C28H28ClF4N7OS/c29-18-8-17-22(21(33)20(18)16-2-3-19(32)24-23(16)36-26(34)42-24)37-27(38-25(17)39-7-5-35-10-15(31)11-39)41-13-28-4-1-6-40(28)12-14(30)9-28/h2-3,8,14-15,35H,1,4-7,9-13H2,(H2,34,36)/t14-,15?,28+/m1/s1. The number of nitrogens with zero attached hydrogens (tertiary/aromatic N) is 5. The summed E-state index contributed by atoms with van der Waals surface area (Å²) >= 11 is 7.66. The molecule has 3 saturated heterocycles. The highest BCUT2D eigenvalue weighted by Crippen LogP contribution is 2.44. The number of nitrogen functional groups attached to an aromatic ring is 1. The Hall–Kier alpha value is -3.00. The highest BCUT2D eigenvalue weighted by atomic mass is 35.5. The molecule has 0 radical (unpaired) electrons. The van der Waals surface area contributed by atoms with E-state index in [-0.39, 0.29) is 73.9 Å². The van der Waals surface area contributed by atoms with Crippen molar-refractivity contribution in [2.75, 3.05) is 56.5 Å². The highest BCUT2D eigenvalue weighted by molar-refractivity contribution is 7.22. The number of nitrogens with two attached hydrogens (primary N) is 1. The smallest absolute Gasteiger partial charge is 0.319 e. The van der Waals surface area contributed by atoms with Crippen LogP contribution in [0.15, 0.2) is 18.2 Å². The van der Waals surface area contributed by atoms with E-state index in [2.05, 4.69) is 25.2 Å². The predicted molar refractivity (Wildman–Crippen MR) is 156 cm³/mol. The van der Waals surface area contributed by atoms with Gasteiger partial charge in [-0.15, -0.1) is 0 Å². The molecule has 3 aliphatic heterocycles. The molecule has 3 aliphatic rings. The summed E-state index contributed by atoms with van der Waals surface area (Å²) in [5, 5.41) is 3.49. The number of benzene rings is 2. The Bertz CT molecular complexity index is 1690. The molecule has 222 valence electrons. The number of aromatic nitrogens is 3. The maximum Gasteiger partial charge on any atom is 0.319 e. The first-order valence-electron chi connectivity index (χ1n) is 13.9. The Morgan fingerprint density at radius 3 is 2.83 bits per heavy atom. The minimum Gasteiger partial charge on any atom is -0.461 e. The van der Waals surface area contributed by atoms with Gasteiger partial charge < -0.3 is 20.7 Å². The van der Waals surface area contributed by atoms with Crippen molar-refractivity contribution < 1.29 is 22.3 Å². The summed E-state index contributed by atoms with van der Waals surface area (Å²) in [6, 6.07) is 4.06. The first kappa shape index (κ1) is 27.8. The van der Waals surface area contributed by atoms with Crippen molar-refractivity contribution in [3.05, 3.63) is 34.9 Å². The lowest BCUT2D eigenvalue weighted by Crippen LogP contribution is -2.43. The fourth-order valence-corrected chi connectivity index (χ4v) is 7.67. The maximum atomic E-state index is 16.6. The fraction of sp³-hybridized carbons (Fsp3) is 0.464. The number of alkyl halides is 2. The molecule has 4 aromatic rings. The molecule has 3 fully saturated rings.